The second kappa shape index (κ2) is 3.21. The lowest BCUT2D eigenvalue weighted by atomic mass is 9.65. The Kier molecular flexibility index (Phi) is 2.34. The van der Waals surface area contributed by atoms with E-state index in [0.717, 1.165) is 25.2 Å². The van der Waals surface area contributed by atoms with E-state index < -0.39 is 11.6 Å². The van der Waals surface area contributed by atoms with E-state index in [9.17, 15) is 4.79 Å². The Morgan fingerprint density at radius 2 is 2.07 bits per heavy atom. The van der Waals surface area contributed by atoms with Crippen molar-refractivity contribution in [2.45, 2.75) is 58.1 Å². The second-order valence-corrected chi connectivity index (χ2v) is 6.19. The first kappa shape index (κ1) is 10.9. The number of nitrogens with two attached hydrogens (primary N) is 1. The van der Waals surface area contributed by atoms with Crippen LogP contribution in [0.1, 0.15) is 46.5 Å². The van der Waals surface area contributed by atoms with Gasteiger partial charge in [0.1, 0.15) is 11.6 Å². The van der Waals surface area contributed by atoms with Crippen LogP contribution < -0.4 is 5.73 Å². The topological polar surface area (TPSA) is 52.3 Å². The van der Waals surface area contributed by atoms with E-state index in [1.54, 1.807) is 0 Å². The summed E-state index contributed by atoms with van der Waals surface area (Å²) in [6.07, 6.45) is 4.62. The molecule has 3 fully saturated rings. The lowest BCUT2D eigenvalue weighted by Crippen LogP contribution is -2.52. The van der Waals surface area contributed by atoms with Crippen LogP contribution >= 0.6 is 0 Å². The predicted molar refractivity (Wildman–Crippen MR) is 58.2 cm³/mol. The molecule has 0 amide bonds. The zero-order valence-corrected chi connectivity index (χ0v) is 9.88. The van der Waals surface area contributed by atoms with Crippen LogP contribution in [0.25, 0.3) is 0 Å². The van der Waals surface area contributed by atoms with Crippen molar-refractivity contribution in [1.29, 1.82) is 0 Å². The zero-order chi connectivity index (χ0) is 11.3. The Morgan fingerprint density at radius 1 is 1.47 bits per heavy atom. The normalized spacial score (nSPS) is 35.9. The first-order valence-corrected chi connectivity index (χ1v) is 5.81. The van der Waals surface area contributed by atoms with Gasteiger partial charge in [-0.25, -0.2) is 0 Å². The van der Waals surface area contributed by atoms with Gasteiger partial charge in [0.2, 0.25) is 0 Å². The molecule has 3 nitrogen and oxygen atoms in total. The third-order valence-electron chi connectivity index (χ3n) is 3.76. The number of hydrogen-bond donors (Lipinski definition) is 1. The summed E-state index contributed by atoms with van der Waals surface area (Å²) < 4.78 is 5.34. The molecule has 3 saturated carbocycles. The summed E-state index contributed by atoms with van der Waals surface area (Å²) in [5.74, 6) is 0.612. The number of fused-ring (bicyclic) bond motifs is 1. The minimum Gasteiger partial charge on any atom is -0.459 e. The maximum atomic E-state index is 11.8. The summed E-state index contributed by atoms with van der Waals surface area (Å²) in [5.41, 5.74) is 5.69. The van der Waals surface area contributed by atoms with Crippen LogP contribution in [-0.2, 0) is 9.53 Å². The molecule has 0 spiro atoms. The largest absolute Gasteiger partial charge is 0.459 e. The van der Waals surface area contributed by atoms with E-state index in [0.29, 0.717) is 0 Å². The molecule has 15 heavy (non-hydrogen) atoms. The highest BCUT2D eigenvalue weighted by molar-refractivity contribution is 5.77. The van der Waals surface area contributed by atoms with Gasteiger partial charge in [-0.05, 0) is 57.8 Å². The molecule has 0 aromatic rings. The zero-order valence-electron chi connectivity index (χ0n) is 9.88. The smallest absolute Gasteiger partial charge is 0.324 e. The Morgan fingerprint density at radius 3 is 2.47 bits per heavy atom. The lowest BCUT2D eigenvalue weighted by Gasteiger charge is -2.42. The average Bonchev–Trinajstić information content (AvgIpc) is 2.56. The molecule has 3 aliphatic carbocycles. The molecule has 0 heterocycles. The number of hydrogen-bond acceptors (Lipinski definition) is 3. The van der Waals surface area contributed by atoms with Crippen LogP contribution in [0.2, 0.25) is 0 Å². The molecular formula is C12H21NO2. The van der Waals surface area contributed by atoms with Gasteiger partial charge in [0.05, 0.1) is 0 Å². The van der Waals surface area contributed by atoms with Gasteiger partial charge < -0.3 is 10.5 Å². The number of rotatable bonds is 2. The van der Waals surface area contributed by atoms with E-state index in [1.165, 1.54) is 6.42 Å². The summed E-state index contributed by atoms with van der Waals surface area (Å²) in [5, 5.41) is 0. The maximum Gasteiger partial charge on any atom is 0.324 e. The lowest BCUT2D eigenvalue weighted by molar-refractivity contribution is -0.161. The van der Waals surface area contributed by atoms with Crippen LogP contribution in [0.15, 0.2) is 0 Å². The van der Waals surface area contributed by atoms with Crippen LogP contribution in [0.4, 0.5) is 0 Å². The minimum absolute atomic E-state index is 0.0903. The van der Waals surface area contributed by atoms with Crippen molar-refractivity contribution < 1.29 is 9.53 Å². The molecule has 0 saturated heterocycles. The first-order valence-electron chi connectivity index (χ1n) is 5.81. The van der Waals surface area contributed by atoms with Crippen LogP contribution in [-0.4, -0.2) is 17.6 Å². The second-order valence-electron chi connectivity index (χ2n) is 6.19. The third kappa shape index (κ3) is 1.89. The molecule has 3 aliphatic rings. The van der Waals surface area contributed by atoms with Gasteiger partial charge in [0, 0.05) is 0 Å². The molecule has 0 aromatic carbocycles. The summed E-state index contributed by atoms with van der Waals surface area (Å²) in [7, 11) is 0. The van der Waals surface area contributed by atoms with Gasteiger partial charge in [0.25, 0.3) is 0 Å². The van der Waals surface area contributed by atoms with Crippen LogP contribution in [0, 0.1) is 11.3 Å². The Bertz CT molecular complexity index is 268. The van der Waals surface area contributed by atoms with Crippen molar-refractivity contribution in [2.24, 2.45) is 17.1 Å². The Balaban J connectivity index is 1.96. The van der Waals surface area contributed by atoms with Gasteiger partial charge in [-0.15, -0.1) is 0 Å². The SMILES string of the molecule is CC(C)(C)OC(=O)C(N)C12CCC(C1)C2. The van der Waals surface area contributed by atoms with Gasteiger partial charge in [-0.1, -0.05) is 0 Å². The molecule has 2 N–H and O–H groups in total. The number of ether oxygens (including phenoxy) is 1. The summed E-state index contributed by atoms with van der Waals surface area (Å²) in [6.45, 7) is 5.65. The number of carbonyl (C=O) groups excluding carboxylic acids is 1. The monoisotopic (exact) mass is 211 g/mol. The summed E-state index contributed by atoms with van der Waals surface area (Å²) >= 11 is 0. The molecule has 1 atom stereocenters. The highest BCUT2D eigenvalue weighted by Gasteiger charge is 2.56. The van der Waals surface area contributed by atoms with E-state index in [4.69, 9.17) is 10.5 Å². The molecular weight excluding hydrogens is 190 g/mol. The van der Waals surface area contributed by atoms with E-state index in [2.05, 4.69) is 0 Å². The fraction of sp³-hybridized carbons (Fsp3) is 0.917. The van der Waals surface area contributed by atoms with Crippen molar-refractivity contribution in [2.75, 3.05) is 0 Å². The van der Waals surface area contributed by atoms with Crippen LogP contribution in [0.5, 0.6) is 0 Å². The average molecular weight is 211 g/mol. The van der Waals surface area contributed by atoms with Crippen molar-refractivity contribution in [3.8, 4) is 0 Å². The highest BCUT2D eigenvalue weighted by Crippen LogP contribution is 2.60. The van der Waals surface area contributed by atoms with Crippen LogP contribution in [0.3, 0.4) is 0 Å². The quantitative estimate of drug-likeness (QED) is 0.709. The highest BCUT2D eigenvalue weighted by atomic mass is 16.6. The van der Waals surface area contributed by atoms with Gasteiger partial charge in [-0.2, -0.15) is 0 Å². The summed E-state index contributed by atoms with van der Waals surface area (Å²) in [6, 6.07) is -0.407. The fourth-order valence-electron chi connectivity index (χ4n) is 3.01. The Hall–Kier alpha value is -0.570. The van der Waals surface area contributed by atoms with Crippen molar-refractivity contribution in [1.82, 2.24) is 0 Å². The molecule has 1 unspecified atom stereocenters. The number of carbonyl (C=O) groups is 1. The van der Waals surface area contributed by atoms with Gasteiger partial charge in [0.15, 0.2) is 0 Å². The van der Waals surface area contributed by atoms with Crippen molar-refractivity contribution >= 4 is 5.97 Å². The minimum atomic E-state index is -0.424. The molecule has 0 aromatic heterocycles. The summed E-state index contributed by atoms with van der Waals surface area (Å²) in [4.78, 5) is 11.8. The molecule has 86 valence electrons. The molecule has 0 radical (unpaired) electrons. The fourth-order valence-corrected chi connectivity index (χ4v) is 3.01. The van der Waals surface area contributed by atoms with Crippen molar-refractivity contribution in [3.05, 3.63) is 0 Å². The molecule has 3 heteroatoms. The molecule has 2 bridgehead atoms. The maximum absolute atomic E-state index is 11.8. The molecule has 0 aliphatic heterocycles. The van der Waals surface area contributed by atoms with Crippen molar-refractivity contribution in [3.63, 3.8) is 0 Å². The van der Waals surface area contributed by atoms with E-state index >= 15 is 0 Å². The van der Waals surface area contributed by atoms with Gasteiger partial charge in [-0.3, -0.25) is 4.79 Å². The standard InChI is InChI=1S/C12H21NO2/c1-11(2,3)15-10(14)9(13)12-5-4-8(6-12)7-12/h8-9H,4-7,13H2,1-3H3. The third-order valence-corrected chi connectivity index (χ3v) is 3.76. The number of esters is 1. The first-order chi connectivity index (χ1) is 6.82. The van der Waals surface area contributed by atoms with E-state index in [1.807, 2.05) is 20.8 Å². The van der Waals surface area contributed by atoms with E-state index in [-0.39, 0.29) is 11.4 Å². The van der Waals surface area contributed by atoms with Gasteiger partial charge >= 0.3 is 5.97 Å². The Labute approximate surface area is 91.4 Å². The molecule has 3 rings (SSSR count). The predicted octanol–water partition coefficient (Wildman–Crippen LogP) is 1.85.